The van der Waals surface area contributed by atoms with Crippen molar-refractivity contribution in [2.24, 2.45) is 5.10 Å². The molecule has 0 fully saturated rings. The van der Waals surface area contributed by atoms with E-state index in [2.05, 4.69) is 20.5 Å². The van der Waals surface area contributed by atoms with Gasteiger partial charge in [-0.15, -0.1) is 0 Å². The van der Waals surface area contributed by atoms with Gasteiger partial charge in [0.1, 0.15) is 0 Å². The molecule has 1 heterocycles. The molecule has 0 aliphatic heterocycles. The monoisotopic (exact) mass is 324 g/mol. The number of rotatable bonds is 5. The predicted octanol–water partition coefficient (Wildman–Crippen LogP) is 3.48. The van der Waals surface area contributed by atoms with Gasteiger partial charge >= 0.3 is 0 Å². The number of aromatic amines is 1. The maximum absolute atomic E-state index is 11.5. The second-order valence-corrected chi connectivity index (χ2v) is 5.16. The summed E-state index contributed by atoms with van der Waals surface area (Å²) in [6.45, 7) is 2.02. The van der Waals surface area contributed by atoms with Gasteiger partial charge in [-0.3, -0.25) is 9.78 Å². The van der Waals surface area contributed by atoms with Crippen molar-refractivity contribution in [3.05, 3.63) is 55.9 Å². The summed E-state index contributed by atoms with van der Waals surface area (Å²) < 4.78 is 0. The van der Waals surface area contributed by atoms with Gasteiger partial charge in [0.25, 0.3) is 5.56 Å². The highest BCUT2D eigenvalue weighted by molar-refractivity contribution is 6.38. The summed E-state index contributed by atoms with van der Waals surface area (Å²) in [4.78, 5) is 18.3. The largest absolute Gasteiger partial charge is 0.291 e. The molecule has 1 aromatic carbocycles. The number of hydrogen-bond donors (Lipinski definition) is 2. The average Bonchev–Trinajstić information content (AvgIpc) is 2.42. The third-order valence-electron chi connectivity index (χ3n) is 2.66. The van der Waals surface area contributed by atoms with Gasteiger partial charge in [-0.05, 0) is 18.6 Å². The summed E-state index contributed by atoms with van der Waals surface area (Å²) in [7, 11) is 0. The third-order valence-corrected chi connectivity index (χ3v) is 3.32. The molecule has 0 aliphatic carbocycles. The van der Waals surface area contributed by atoms with Crippen LogP contribution < -0.4 is 11.0 Å². The van der Waals surface area contributed by atoms with Gasteiger partial charge in [-0.25, -0.2) is 10.4 Å². The van der Waals surface area contributed by atoms with Crippen LogP contribution in [0.4, 0.5) is 5.95 Å². The molecule has 0 saturated heterocycles. The third kappa shape index (κ3) is 4.31. The second kappa shape index (κ2) is 7.24. The number of nitrogens with zero attached hydrogens (tertiary/aromatic N) is 2. The van der Waals surface area contributed by atoms with Gasteiger partial charge in [0.15, 0.2) is 0 Å². The predicted molar refractivity (Wildman–Crippen MR) is 86.5 cm³/mol. The van der Waals surface area contributed by atoms with Crippen molar-refractivity contribution < 1.29 is 0 Å². The Morgan fingerprint density at radius 2 is 2.10 bits per heavy atom. The number of nitrogens with one attached hydrogen (secondary N) is 2. The van der Waals surface area contributed by atoms with Crippen LogP contribution in [0.25, 0.3) is 0 Å². The molecule has 2 N–H and O–H groups in total. The molecule has 21 heavy (non-hydrogen) atoms. The molecule has 0 unspecified atom stereocenters. The van der Waals surface area contributed by atoms with E-state index in [4.69, 9.17) is 23.2 Å². The molecule has 0 atom stereocenters. The summed E-state index contributed by atoms with van der Waals surface area (Å²) in [5, 5.41) is 4.99. The lowest BCUT2D eigenvalue weighted by molar-refractivity contribution is 0.867. The number of hydrazone groups is 1. The number of halogens is 2. The van der Waals surface area contributed by atoms with Crippen LogP contribution in [-0.2, 0) is 6.42 Å². The minimum Gasteiger partial charge on any atom is -0.291 e. The molecule has 2 rings (SSSR count). The van der Waals surface area contributed by atoms with Gasteiger partial charge in [-0.1, -0.05) is 42.6 Å². The van der Waals surface area contributed by atoms with Crippen molar-refractivity contribution in [3.63, 3.8) is 0 Å². The molecular formula is C14H14Cl2N4O. The highest BCUT2D eigenvalue weighted by Crippen LogP contribution is 2.22. The summed E-state index contributed by atoms with van der Waals surface area (Å²) >= 11 is 12.1. The first-order valence-corrected chi connectivity index (χ1v) is 7.19. The number of aromatic nitrogens is 2. The van der Waals surface area contributed by atoms with Gasteiger partial charge in [0, 0.05) is 17.3 Å². The van der Waals surface area contributed by atoms with E-state index in [1.165, 1.54) is 12.3 Å². The van der Waals surface area contributed by atoms with Crippen molar-refractivity contribution in [2.75, 3.05) is 5.43 Å². The first-order valence-electron chi connectivity index (χ1n) is 6.43. The SMILES string of the molecule is CCCc1cc(=O)[nH]c(N/N=C/c2c(Cl)cccc2Cl)n1. The second-order valence-electron chi connectivity index (χ2n) is 4.34. The lowest BCUT2D eigenvalue weighted by Gasteiger charge is -2.03. The van der Waals surface area contributed by atoms with E-state index in [1.54, 1.807) is 18.2 Å². The van der Waals surface area contributed by atoms with E-state index in [-0.39, 0.29) is 11.5 Å². The molecule has 0 radical (unpaired) electrons. The molecule has 0 saturated carbocycles. The van der Waals surface area contributed by atoms with Crippen molar-refractivity contribution in [1.29, 1.82) is 0 Å². The van der Waals surface area contributed by atoms with Gasteiger partial charge < -0.3 is 0 Å². The summed E-state index contributed by atoms with van der Waals surface area (Å²) in [6, 6.07) is 6.67. The number of anilines is 1. The van der Waals surface area contributed by atoms with Crippen LogP contribution in [0.3, 0.4) is 0 Å². The van der Waals surface area contributed by atoms with Gasteiger partial charge in [0.2, 0.25) is 5.95 Å². The van der Waals surface area contributed by atoms with Crippen LogP contribution in [0, 0.1) is 0 Å². The Bertz CT molecular complexity index is 692. The zero-order chi connectivity index (χ0) is 15.2. The number of hydrogen-bond acceptors (Lipinski definition) is 4. The molecule has 110 valence electrons. The van der Waals surface area contributed by atoms with Crippen LogP contribution in [-0.4, -0.2) is 16.2 Å². The van der Waals surface area contributed by atoms with E-state index in [0.717, 1.165) is 18.5 Å². The summed E-state index contributed by atoms with van der Waals surface area (Å²) in [5.41, 5.74) is 3.77. The van der Waals surface area contributed by atoms with Crippen LogP contribution in [0.5, 0.6) is 0 Å². The Morgan fingerprint density at radius 1 is 1.38 bits per heavy atom. The standard InChI is InChI=1S/C14H14Cl2N4O/c1-2-4-9-7-13(21)19-14(18-9)20-17-8-10-11(15)5-3-6-12(10)16/h3,5-8H,2,4H2,1H3,(H2,18,19,20,21)/b17-8+. The number of benzene rings is 1. The van der Waals surface area contributed by atoms with Crippen molar-refractivity contribution in [3.8, 4) is 0 Å². The minimum atomic E-state index is -0.220. The molecule has 0 bridgehead atoms. The highest BCUT2D eigenvalue weighted by atomic mass is 35.5. The average molecular weight is 325 g/mol. The molecule has 0 amide bonds. The van der Waals surface area contributed by atoms with Crippen molar-refractivity contribution in [2.45, 2.75) is 19.8 Å². The van der Waals surface area contributed by atoms with Crippen LogP contribution in [0.15, 0.2) is 34.2 Å². The van der Waals surface area contributed by atoms with Gasteiger partial charge in [0.05, 0.1) is 16.3 Å². The van der Waals surface area contributed by atoms with E-state index < -0.39 is 0 Å². The zero-order valence-electron chi connectivity index (χ0n) is 11.4. The van der Waals surface area contributed by atoms with Crippen molar-refractivity contribution >= 4 is 35.4 Å². The Labute approximate surface area is 132 Å². The maximum Gasteiger partial charge on any atom is 0.252 e. The number of H-pyrrole nitrogens is 1. The van der Waals surface area contributed by atoms with Crippen LogP contribution >= 0.6 is 23.2 Å². The Morgan fingerprint density at radius 3 is 2.76 bits per heavy atom. The zero-order valence-corrected chi connectivity index (χ0v) is 12.9. The lowest BCUT2D eigenvalue weighted by Crippen LogP contribution is -2.12. The molecule has 7 heteroatoms. The number of aryl methyl sites for hydroxylation is 1. The molecule has 0 spiro atoms. The Hall–Kier alpha value is -1.85. The minimum absolute atomic E-state index is 0.220. The fourth-order valence-corrected chi connectivity index (χ4v) is 2.23. The van der Waals surface area contributed by atoms with E-state index in [0.29, 0.717) is 15.6 Å². The van der Waals surface area contributed by atoms with E-state index >= 15 is 0 Å². The first-order chi connectivity index (χ1) is 10.1. The van der Waals surface area contributed by atoms with Gasteiger partial charge in [-0.2, -0.15) is 5.10 Å². The Kier molecular flexibility index (Phi) is 5.36. The smallest absolute Gasteiger partial charge is 0.252 e. The molecule has 1 aromatic heterocycles. The highest BCUT2D eigenvalue weighted by Gasteiger charge is 2.03. The molecule has 2 aromatic rings. The van der Waals surface area contributed by atoms with E-state index in [9.17, 15) is 4.79 Å². The maximum atomic E-state index is 11.5. The van der Waals surface area contributed by atoms with E-state index in [1.807, 2.05) is 6.92 Å². The fourth-order valence-electron chi connectivity index (χ4n) is 1.74. The van der Waals surface area contributed by atoms with Crippen LogP contribution in [0.2, 0.25) is 10.0 Å². The summed E-state index contributed by atoms with van der Waals surface area (Å²) in [6.07, 6.45) is 3.13. The summed E-state index contributed by atoms with van der Waals surface area (Å²) in [5.74, 6) is 0.283. The normalized spacial score (nSPS) is 11.0. The lowest BCUT2D eigenvalue weighted by atomic mass is 10.2. The molecular weight excluding hydrogens is 311 g/mol. The molecule has 5 nitrogen and oxygen atoms in total. The van der Waals surface area contributed by atoms with Crippen LogP contribution in [0.1, 0.15) is 24.6 Å². The van der Waals surface area contributed by atoms with Crippen molar-refractivity contribution in [1.82, 2.24) is 9.97 Å². The quantitative estimate of drug-likeness (QED) is 0.653. The fraction of sp³-hybridized carbons (Fsp3) is 0.214. The topological polar surface area (TPSA) is 70.1 Å². The first kappa shape index (κ1) is 15.5. The molecule has 0 aliphatic rings. The Balaban J connectivity index is 2.16.